The molecule has 9 heteroatoms. The smallest absolute Gasteiger partial charge is 0.295 e. The predicted octanol–water partition coefficient (Wildman–Crippen LogP) is 4.20. The molecule has 2 heterocycles. The number of Topliss-reactive ketones (excluding diaryl/α,β-unsaturated/α-hetero) is 1. The Morgan fingerprint density at radius 3 is 2.57 bits per heavy atom. The lowest BCUT2D eigenvalue weighted by Crippen LogP contribution is -2.31. The van der Waals surface area contributed by atoms with E-state index in [1.165, 1.54) is 19.1 Å². The summed E-state index contributed by atoms with van der Waals surface area (Å²) in [5.41, 5.74) is 1.04. The average molecular weight is 506 g/mol. The Balaban J connectivity index is 1.76. The first-order valence-corrected chi connectivity index (χ1v) is 12.2. The summed E-state index contributed by atoms with van der Waals surface area (Å²) in [7, 11) is 3.05. The minimum absolute atomic E-state index is 0.0208. The Bertz CT molecular complexity index is 1280. The molecule has 1 amide bonds. The topological polar surface area (TPSA) is 103 Å². The van der Waals surface area contributed by atoms with E-state index in [4.69, 9.17) is 14.2 Å². The summed E-state index contributed by atoms with van der Waals surface area (Å²) in [6.45, 7) is 3.45. The van der Waals surface area contributed by atoms with Gasteiger partial charge in [0.25, 0.3) is 11.7 Å². The van der Waals surface area contributed by atoms with Crippen LogP contribution < -0.4 is 14.2 Å². The highest BCUT2D eigenvalue weighted by molar-refractivity contribution is 6.46. The Morgan fingerprint density at radius 1 is 1.05 bits per heavy atom. The van der Waals surface area contributed by atoms with Crippen LogP contribution in [0.2, 0.25) is 0 Å². The molecule has 0 aliphatic carbocycles. The Labute approximate surface area is 215 Å². The molecule has 1 aromatic heterocycles. The van der Waals surface area contributed by atoms with Crippen LogP contribution in [0.1, 0.15) is 36.9 Å². The Morgan fingerprint density at radius 2 is 1.86 bits per heavy atom. The first kappa shape index (κ1) is 25.8. The van der Waals surface area contributed by atoms with Crippen LogP contribution in [-0.4, -0.2) is 58.6 Å². The van der Waals surface area contributed by atoms with Gasteiger partial charge in [0.15, 0.2) is 11.5 Å². The highest BCUT2D eigenvalue weighted by Gasteiger charge is 2.46. The number of likely N-dealkylation sites (tertiary alicyclic amines) is 1. The summed E-state index contributed by atoms with van der Waals surface area (Å²) >= 11 is 0. The van der Waals surface area contributed by atoms with Gasteiger partial charge in [0.2, 0.25) is 0 Å². The molecule has 4 rings (SSSR count). The molecule has 3 aromatic rings. The molecular formula is C28H31N3O6. The number of rotatable bonds is 11. The number of carbonyl (C=O) groups is 2. The van der Waals surface area contributed by atoms with Crippen molar-refractivity contribution in [2.45, 2.75) is 32.4 Å². The third kappa shape index (κ3) is 5.45. The average Bonchev–Trinajstić information content (AvgIpc) is 3.53. The van der Waals surface area contributed by atoms with Gasteiger partial charge in [-0.2, -0.15) is 0 Å². The fourth-order valence-corrected chi connectivity index (χ4v) is 4.43. The molecule has 2 aromatic carbocycles. The van der Waals surface area contributed by atoms with E-state index in [1.54, 1.807) is 55.0 Å². The van der Waals surface area contributed by atoms with Gasteiger partial charge in [-0.15, -0.1) is 0 Å². The van der Waals surface area contributed by atoms with Gasteiger partial charge in [0.05, 0.1) is 38.8 Å². The first-order chi connectivity index (χ1) is 18.0. The van der Waals surface area contributed by atoms with Crippen LogP contribution >= 0.6 is 0 Å². The van der Waals surface area contributed by atoms with Gasteiger partial charge in [-0.05, 0) is 42.7 Å². The number of aliphatic hydroxyl groups is 1. The van der Waals surface area contributed by atoms with E-state index in [0.717, 1.165) is 6.42 Å². The fraction of sp³-hybridized carbons (Fsp3) is 0.321. The normalized spacial score (nSPS) is 16.7. The summed E-state index contributed by atoms with van der Waals surface area (Å²) in [5, 5.41) is 11.4. The number of ether oxygens (including phenoxy) is 3. The van der Waals surface area contributed by atoms with E-state index in [2.05, 4.69) is 4.98 Å². The van der Waals surface area contributed by atoms with E-state index in [0.29, 0.717) is 54.5 Å². The largest absolute Gasteiger partial charge is 0.507 e. The lowest BCUT2D eigenvalue weighted by atomic mass is 9.95. The van der Waals surface area contributed by atoms with Crippen molar-refractivity contribution in [3.63, 3.8) is 0 Å². The second-order valence-electron chi connectivity index (χ2n) is 8.64. The van der Waals surface area contributed by atoms with E-state index >= 15 is 0 Å². The van der Waals surface area contributed by atoms with Gasteiger partial charge in [0.1, 0.15) is 11.5 Å². The molecule has 1 fully saturated rings. The molecular weight excluding hydrogens is 474 g/mol. The standard InChI is InChI=1S/C28H31N3O6/c1-4-15-37-21-8-5-7-20(16-21)26(32)24-25(19-9-10-22(35-2)23(17-19)36-3)31(28(34)27(24)33)13-6-12-30-14-11-29-18-30/h5,7-11,14,16-18,25,32H,4,6,12-13,15H2,1-3H3/b26-24+. The van der Waals surface area contributed by atoms with E-state index in [-0.39, 0.29) is 11.3 Å². The molecule has 1 aliphatic rings. The summed E-state index contributed by atoms with van der Waals surface area (Å²) < 4.78 is 18.4. The Hall–Kier alpha value is -4.27. The van der Waals surface area contributed by atoms with Crippen LogP contribution in [0.25, 0.3) is 5.76 Å². The zero-order valence-corrected chi connectivity index (χ0v) is 21.2. The number of benzene rings is 2. The van der Waals surface area contributed by atoms with Gasteiger partial charge in [-0.3, -0.25) is 9.59 Å². The number of imidazole rings is 1. The number of hydrogen-bond acceptors (Lipinski definition) is 7. The molecule has 1 aliphatic heterocycles. The minimum atomic E-state index is -0.803. The van der Waals surface area contributed by atoms with E-state index in [9.17, 15) is 14.7 Å². The van der Waals surface area contributed by atoms with Crippen molar-refractivity contribution in [1.82, 2.24) is 14.5 Å². The van der Waals surface area contributed by atoms with Crippen LogP contribution in [-0.2, 0) is 16.1 Å². The van der Waals surface area contributed by atoms with Crippen LogP contribution in [0.5, 0.6) is 17.2 Å². The second-order valence-corrected chi connectivity index (χ2v) is 8.64. The maximum atomic E-state index is 13.3. The van der Waals surface area contributed by atoms with Gasteiger partial charge >= 0.3 is 0 Å². The highest BCUT2D eigenvalue weighted by atomic mass is 16.5. The molecule has 1 N–H and O–H groups in total. The van der Waals surface area contributed by atoms with Gasteiger partial charge in [-0.1, -0.05) is 25.1 Å². The number of ketones is 1. The number of amides is 1. The van der Waals surface area contributed by atoms with Crippen LogP contribution in [0.3, 0.4) is 0 Å². The van der Waals surface area contributed by atoms with Gasteiger partial charge < -0.3 is 28.8 Å². The first-order valence-electron chi connectivity index (χ1n) is 12.2. The number of nitrogens with zero attached hydrogens (tertiary/aromatic N) is 3. The number of aliphatic hydroxyl groups excluding tert-OH is 1. The summed E-state index contributed by atoms with van der Waals surface area (Å²) in [4.78, 5) is 32.1. The lowest BCUT2D eigenvalue weighted by molar-refractivity contribution is -0.139. The summed E-state index contributed by atoms with van der Waals surface area (Å²) in [6, 6.07) is 11.3. The molecule has 0 spiro atoms. The summed E-state index contributed by atoms with van der Waals surface area (Å²) in [6.07, 6.45) is 6.66. The van der Waals surface area contributed by atoms with Crippen molar-refractivity contribution in [1.29, 1.82) is 0 Å². The van der Waals surface area contributed by atoms with Crippen LogP contribution in [0.15, 0.2) is 66.8 Å². The third-order valence-electron chi connectivity index (χ3n) is 6.22. The molecule has 1 saturated heterocycles. The van der Waals surface area contributed by atoms with Crippen molar-refractivity contribution in [3.8, 4) is 17.2 Å². The lowest BCUT2D eigenvalue weighted by Gasteiger charge is -2.26. The third-order valence-corrected chi connectivity index (χ3v) is 6.22. The molecule has 0 saturated carbocycles. The maximum absolute atomic E-state index is 13.3. The van der Waals surface area contributed by atoms with Crippen molar-refractivity contribution in [2.75, 3.05) is 27.4 Å². The number of aryl methyl sites for hydroxylation is 1. The van der Waals surface area contributed by atoms with Gasteiger partial charge in [-0.25, -0.2) is 4.98 Å². The monoisotopic (exact) mass is 505 g/mol. The molecule has 0 bridgehead atoms. The van der Waals surface area contributed by atoms with Crippen LogP contribution in [0.4, 0.5) is 0 Å². The van der Waals surface area contributed by atoms with Crippen molar-refractivity contribution < 1.29 is 28.9 Å². The molecule has 0 radical (unpaired) electrons. The quantitative estimate of drug-likeness (QED) is 0.237. The number of hydrogen-bond donors (Lipinski definition) is 1. The highest BCUT2D eigenvalue weighted by Crippen LogP contribution is 2.42. The maximum Gasteiger partial charge on any atom is 0.295 e. The van der Waals surface area contributed by atoms with E-state index < -0.39 is 17.7 Å². The number of carbonyl (C=O) groups excluding carboxylic acids is 2. The van der Waals surface area contributed by atoms with Crippen molar-refractivity contribution in [2.24, 2.45) is 0 Å². The Kier molecular flexibility index (Phi) is 8.12. The second kappa shape index (κ2) is 11.6. The minimum Gasteiger partial charge on any atom is -0.507 e. The fourth-order valence-electron chi connectivity index (χ4n) is 4.43. The number of methoxy groups -OCH3 is 2. The van der Waals surface area contributed by atoms with Crippen molar-refractivity contribution >= 4 is 17.4 Å². The zero-order valence-electron chi connectivity index (χ0n) is 21.2. The predicted molar refractivity (Wildman–Crippen MR) is 138 cm³/mol. The number of aromatic nitrogens is 2. The van der Waals surface area contributed by atoms with Crippen LogP contribution in [0, 0.1) is 0 Å². The molecule has 9 nitrogen and oxygen atoms in total. The molecule has 1 unspecified atom stereocenters. The zero-order chi connectivity index (χ0) is 26.4. The van der Waals surface area contributed by atoms with E-state index in [1.807, 2.05) is 17.7 Å². The SMILES string of the molecule is CCCOc1cccc(/C(O)=C2\C(=O)C(=O)N(CCCn3ccnc3)C2c2ccc(OC)c(OC)c2)c1. The summed E-state index contributed by atoms with van der Waals surface area (Å²) in [5.74, 6) is -0.103. The van der Waals surface area contributed by atoms with Crippen molar-refractivity contribution in [3.05, 3.63) is 77.9 Å². The molecule has 37 heavy (non-hydrogen) atoms. The van der Waals surface area contributed by atoms with Gasteiger partial charge in [0, 0.05) is 31.0 Å². The molecule has 1 atom stereocenters. The molecule has 194 valence electrons.